The number of hydrogen-bond acceptors (Lipinski definition) is 2. The molecule has 0 radical (unpaired) electrons. The van der Waals surface area contributed by atoms with E-state index < -0.39 is 0 Å². The van der Waals surface area contributed by atoms with Crippen molar-refractivity contribution in [1.29, 1.82) is 0 Å². The van der Waals surface area contributed by atoms with Crippen LogP contribution in [0.1, 0.15) is 51.5 Å². The van der Waals surface area contributed by atoms with Gasteiger partial charge in [-0.05, 0) is 55.8 Å². The van der Waals surface area contributed by atoms with Crippen LogP contribution in [0.2, 0.25) is 0 Å². The summed E-state index contributed by atoms with van der Waals surface area (Å²) in [6.45, 7) is 6.92. The number of nitrogens with zero attached hydrogens (tertiary/aromatic N) is 1. The van der Waals surface area contributed by atoms with E-state index in [1.54, 1.807) is 12.1 Å². The minimum atomic E-state index is -0.153. The van der Waals surface area contributed by atoms with Gasteiger partial charge < -0.3 is 5.73 Å². The van der Waals surface area contributed by atoms with E-state index in [0.717, 1.165) is 24.6 Å². The van der Waals surface area contributed by atoms with E-state index in [9.17, 15) is 4.39 Å². The van der Waals surface area contributed by atoms with Crippen molar-refractivity contribution in [2.45, 2.75) is 58.0 Å². The molecule has 118 valence electrons. The molecule has 0 amide bonds. The van der Waals surface area contributed by atoms with Gasteiger partial charge in [0.1, 0.15) is 5.82 Å². The van der Waals surface area contributed by atoms with Crippen LogP contribution in [0.15, 0.2) is 24.3 Å². The van der Waals surface area contributed by atoms with E-state index in [4.69, 9.17) is 5.73 Å². The quantitative estimate of drug-likeness (QED) is 0.860. The number of likely N-dealkylation sites (N-methyl/N-ethyl adjacent to an activating group) is 1. The molecule has 0 aliphatic heterocycles. The summed E-state index contributed by atoms with van der Waals surface area (Å²) in [6.07, 6.45) is 6.16. The summed E-state index contributed by atoms with van der Waals surface area (Å²) in [7, 11) is 0. The average molecular weight is 292 g/mol. The Morgan fingerprint density at radius 2 is 2.00 bits per heavy atom. The summed E-state index contributed by atoms with van der Waals surface area (Å²) in [6, 6.07) is 6.95. The van der Waals surface area contributed by atoms with Crippen LogP contribution in [0, 0.1) is 11.7 Å². The maximum Gasteiger partial charge on any atom is 0.123 e. The summed E-state index contributed by atoms with van der Waals surface area (Å²) in [4.78, 5) is 2.47. The predicted molar refractivity (Wildman–Crippen MR) is 86.5 cm³/mol. The first kappa shape index (κ1) is 16.4. The summed E-state index contributed by atoms with van der Waals surface area (Å²) >= 11 is 0. The van der Waals surface area contributed by atoms with Gasteiger partial charge in [-0.1, -0.05) is 32.4 Å². The summed E-state index contributed by atoms with van der Waals surface area (Å²) in [5.74, 6) is 0.706. The number of rotatable bonds is 6. The van der Waals surface area contributed by atoms with Crippen LogP contribution in [0.3, 0.4) is 0 Å². The van der Waals surface area contributed by atoms with Gasteiger partial charge in [0.05, 0.1) is 0 Å². The van der Waals surface area contributed by atoms with Gasteiger partial charge in [0.2, 0.25) is 0 Å². The third-order valence-corrected chi connectivity index (χ3v) is 5.31. The van der Waals surface area contributed by atoms with Gasteiger partial charge in [0.25, 0.3) is 0 Å². The lowest BCUT2D eigenvalue weighted by atomic mass is 9.74. The SMILES string of the molecule is CCC1CCC(CN)(N(CC)Cc2cccc(F)c2)CC1. The van der Waals surface area contributed by atoms with Gasteiger partial charge >= 0.3 is 0 Å². The zero-order valence-corrected chi connectivity index (χ0v) is 13.4. The largest absolute Gasteiger partial charge is 0.329 e. The Labute approximate surface area is 128 Å². The molecule has 0 aromatic heterocycles. The molecule has 0 spiro atoms. The molecule has 1 aliphatic carbocycles. The molecule has 1 aromatic rings. The van der Waals surface area contributed by atoms with Crippen molar-refractivity contribution in [3.8, 4) is 0 Å². The van der Waals surface area contributed by atoms with Crippen molar-refractivity contribution in [3.63, 3.8) is 0 Å². The van der Waals surface area contributed by atoms with Crippen molar-refractivity contribution in [1.82, 2.24) is 4.90 Å². The Hall–Kier alpha value is -0.930. The minimum Gasteiger partial charge on any atom is -0.329 e. The Kier molecular flexibility index (Phi) is 5.77. The monoisotopic (exact) mass is 292 g/mol. The smallest absolute Gasteiger partial charge is 0.123 e. The Morgan fingerprint density at radius 3 is 2.52 bits per heavy atom. The molecule has 1 aliphatic rings. The highest BCUT2D eigenvalue weighted by Gasteiger charge is 2.38. The molecule has 0 heterocycles. The van der Waals surface area contributed by atoms with Gasteiger partial charge in [-0.2, -0.15) is 0 Å². The zero-order chi connectivity index (χ0) is 15.3. The topological polar surface area (TPSA) is 29.3 Å². The lowest BCUT2D eigenvalue weighted by Crippen LogP contribution is -2.55. The first-order valence-electron chi connectivity index (χ1n) is 8.33. The van der Waals surface area contributed by atoms with Crippen molar-refractivity contribution in [2.75, 3.05) is 13.1 Å². The van der Waals surface area contributed by atoms with Crippen LogP contribution in [-0.2, 0) is 6.54 Å². The highest BCUT2D eigenvalue weighted by molar-refractivity contribution is 5.17. The molecule has 1 saturated carbocycles. The van der Waals surface area contributed by atoms with Crippen molar-refractivity contribution in [2.24, 2.45) is 11.7 Å². The number of nitrogens with two attached hydrogens (primary N) is 1. The molecule has 1 aromatic carbocycles. The molecular formula is C18H29FN2. The fraction of sp³-hybridized carbons (Fsp3) is 0.667. The lowest BCUT2D eigenvalue weighted by Gasteiger charge is -2.47. The third kappa shape index (κ3) is 3.83. The molecule has 21 heavy (non-hydrogen) atoms. The highest BCUT2D eigenvalue weighted by Crippen LogP contribution is 2.37. The first-order chi connectivity index (χ1) is 10.1. The van der Waals surface area contributed by atoms with E-state index in [1.165, 1.54) is 38.2 Å². The van der Waals surface area contributed by atoms with Gasteiger partial charge in [-0.15, -0.1) is 0 Å². The van der Waals surface area contributed by atoms with Crippen molar-refractivity contribution < 1.29 is 4.39 Å². The average Bonchev–Trinajstić information content (AvgIpc) is 2.53. The second-order valence-electron chi connectivity index (χ2n) is 6.42. The molecule has 0 unspecified atom stereocenters. The van der Waals surface area contributed by atoms with Gasteiger partial charge in [0, 0.05) is 18.6 Å². The maximum atomic E-state index is 13.4. The number of hydrogen-bond donors (Lipinski definition) is 1. The molecular weight excluding hydrogens is 263 g/mol. The summed E-state index contributed by atoms with van der Waals surface area (Å²) in [5, 5.41) is 0. The van der Waals surface area contributed by atoms with Crippen LogP contribution in [0.5, 0.6) is 0 Å². The number of halogens is 1. The fourth-order valence-electron chi connectivity index (χ4n) is 3.74. The maximum absolute atomic E-state index is 13.4. The van der Waals surface area contributed by atoms with E-state index in [-0.39, 0.29) is 11.4 Å². The van der Waals surface area contributed by atoms with Crippen LogP contribution in [-0.4, -0.2) is 23.5 Å². The lowest BCUT2D eigenvalue weighted by molar-refractivity contribution is 0.0392. The van der Waals surface area contributed by atoms with Crippen LogP contribution in [0.25, 0.3) is 0 Å². The Bertz CT molecular complexity index is 439. The normalized spacial score (nSPS) is 26.2. The second-order valence-corrected chi connectivity index (χ2v) is 6.42. The molecule has 0 atom stereocenters. The molecule has 2 N–H and O–H groups in total. The highest BCUT2D eigenvalue weighted by atomic mass is 19.1. The zero-order valence-electron chi connectivity index (χ0n) is 13.4. The molecule has 0 bridgehead atoms. The van der Waals surface area contributed by atoms with E-state index >= 15 is 0 Å². The third-order valence-electron chi connectivity index (χ3n) is 5.31. The van der Waals surface area contributed by atoms with Gasteiger partial charge in [0.15, 0.2) is 0 Å². The standard InChI is InChI=1S/C18H29FN2/c1-3-15-8-10-18(14-20,11-9-15)21(4-2)13-16-6-5-7-17(19)12-16/h5-7,12,15H,3-4,8-11,13-14,20H2,1-2H3. The fourth-order valence-corrected chi connectivity index (χ4v) is 3.74. The molecule has 2 rings (SSSR count). The Morgan fingerprint density at radius 1 is 1.29 bits per heavy atom. The van der Waals surface area contributed by atoms with Crippen molar-refractivity contribution >= 4 is 0 Å². The molecule has 0 saturated heterocycles. The number of benzene rings is 1. The minimum absolute atomic E-state index is 0.104. The van der Waals surface area contributed by atoms with Gasteiger partial charge in [-0.3, -0.25) is 4.90 Å². The summed E-state index contributed by atoms with van der Waals surface area (Å²) in [5.41, 5.74) is 7.32. The molecule has 1 fully saturated rings. The predicted octanol–water partition coefficient (Wildman–Crippen LogP) is 3.95. The van der Waals surface area contributed by atoms with E-state index in [1.807, 2.05) is 6.07 Å². The summed E-state index contributed by atoms with van der Waals surface area (Å²) < 4.78 is 13.4. The first-order valence-corrected chi connectivity index (χ1v) is 8.33. The van der Waals surface area contributed by atoms with Crippen LogP contribution < -0.4 is 5.73 Å². The van der Waals surface area contributed by atoms with E-state index in [2.05, 4.69) is 18.7 Å². The molecule has 2 nitrogen and oxygen atoms in total. The van der Waals surface area contributed by atoms with Crippen molar-refractivity contribution in [3.05, 3.63) is 35.6 Å². The van der Waals surface area contributed by atoms with Crippen LogP contribution in [0.4, 0.5) is 4.39 Å². The second kappa shape index (κ2) is 7.37. The van der Waals surface area contributed by atoms with Crippen LogP contribution >= 0.6 is 0 Å². The Balaban J connectivity index is 2.11. The van der Waals surface area contributed by atoms with Gasteiger partial charge in [-0.25, -0.2) is 4.39 Å². The van der Waals surface area contributed by atoms with E-state index in [0.29, 0.717) is 6.54 Å². The molecule has 3 heteroatoms.